The molecule has 4 rings (SSSR count). The molecule has 136 valence electrons. The van der Waals surface area contributed by atoms with Gasteiger partial charge in [0, 0.05) is 18.4 Å². The first-order valence-corrected chi connectivity index (χ1v) is 10.4. The van der Waals surface area contributed by atoms with Crippen molar-refractivity contribution in [2.45, 2.75) is 37.2 Å². The molecule has 3 aromatic rings. The Morgan fingerprint density at radius 3 is 2.73 bits per heavy atom. The number of pyridine rings is 1. The van der Waals surface area contributed by atoms with Gasteiger partial charge in [0.2, 0.25) is 0 Å². The minimum Gasteiger partial charge on any atom is -0.355 e. The second-order valence-corrected chi connectivity index (χ2v) is 8.40. The molecular weight excluding hydrogens is 372 g/mol. The number of aryl methyl sites for hydroxylation is 1. The van der Waals surface area contributed by atoms with E-state index in [1.54, 1.807) is 23.0 Å². The monoisotopic (exact) mass is 390 g/mol. The predicted molar refractivity (Wildman–Crippen MR) is 104 cm³/mol. The smallest absolute Gasteiger partial charge is 0.162 e. The van der Waals surface area contributed by atoms with Gasteiger partial charge in [-0.15, -0.1) is 0 Å². The summed E-state index contributed by atoms with van der Waals surface area (Å²) in [7, 11) is -2.83. The van der Waals surface area contributed by atoms with Gasteiger partial charge in [-0.3, -0.25) is 0 Å². The number of hydrogen-bond donors (Lipinski definition) is 2. The zero-order chi connectivity index (χ0) is 18.3. The molecule has 1 aromatic carbocycles. The van der Waals surface area contributed by atoms with E-state index in [-0.39, 0.29) is 6.04 Å². The van der Waals surface area contributed by atoms with Gasteiger partial charge in [0.1, 0.15) is 9.92 Å². The van der Waals surface area contributed by atoms with Crippen molar-refractivity contribution in [2.75, 3.05) is 5.32 Å². The fourth-order valence-electron chi connectivity index (χ4n) is 2.73. The number of rotatable bonds is 5. The van der Waals surface area contributed by atoms with Gasteiger partial charge in [-0.25, -0.2) is 23.4 Å². The van der Waals surface area contributed by atoms with Crippen molar-refractivity contribution >= 4 is 43.9 Å². The predicted octanol–water partition coefficient (Wildman–Crippen LogP) is 3.71. The van der Waals surface area contributed by atoms with Crippen LogP contribution in [0.4, 0.5) is 11.4 Å². The summed E-state index contributed by atoms with van der Waals surface area (Å²) in [5.41, 5.74) is 2.36. The van der Waals surface area contributed by atoms with Crippen LogP contribution in [0.1, 0.15) is 19.8 Å². The van der Waals surface area contributed by atoms with Gasteiger partial charge in [-0.05, 0) is 50.1 Å². The van der Waals surface area contributed by atoms with Crippen LogP contribution < -0.4 is 10.5 Å². The molecule has 26 heavy (non-hydrogen) atoms. The molecule has 0 amide bonds. The average Bonchev–Trinajstić information content (AvgIpc) is 3.36. The molecule has 3 N–H and O–H groups in total. The highest BCUT2D eigenvalue weighted by Gasteiger charge is 2.23. The first kappa shape index (κ1) is 17.3. The number of nitrogens with two attached hydrogens (primary N) is 1. The molecule has 7 nitrogen and oxygen atoms in total. The van der Waals surface area contributed by atoms with Gasteiger partial charge in [0.15, 0.2) is 10.8 Å². The summed E-state index contributed by atoms with van der Waals surface area (Å²) in [4.78, 5) is 4.90. The van der Waals surface area contributed by atoms with Gasteiger partial charge in [0.05, 0.1) is 22.0 Å². The molecule has 0 bridgehead atoms. The molecule has 1 aliphatic rings. The van der Waals surface area contributed by atoms with Crippen LogP contribution in [0.3, 0.4) is 0 Å². The summed E-state index contributed by atoms with van der Waals surface area (Å²) in [6.07, 6.45) is 3.65. The largest absolute Gasteiger partial charge is 0.355 e. The Kier molecular flexibility index (Phi) is 4.34. The second-order valence-electron chi connectivity index (χ2n) is 6.22. The minimum atomic E-state index is -2.83. The van der Waals surface area contributed by atoms with Crippen LogP contribution in [0.25, 0.3) is 11.0 Å². The van der Waals surface area contributed by atoms with Crippen LogP contribution in [-0.4, -0.2) is 25.0 Å². The van der Waals surface area contributed by atoms with Crippen LogP contribution in [0.15, 0.2) is 45.8 Å². The van der Waals surface area contributed by atoms with Gasteiger partial charge >= 0.3 is 0 Å². The molecule has 2 heterocycles. The molecule has 0 spiro atoms. The third kappa shape index (κ3) is 3.27. The number of benzene rings is 1. The first-order valence-electron chi connectivity index (χ1n) is 8.40. The van der Waals surface area contributed by atoms with Gasteiger partial charge in [-0.2, -0.15) is 5.10 Å². The minimum absolute atomic E-state index is 0.146. The Labute approximate surface area is 156 Å². The van der Waals surface area contributed by atoms with E-state index in [4.69, 9.17) is 16.7 Å². The molecular formula is C17H19ClN6OS. The Bertz CT molecular complexity index is 1080. The van der Waals surface area contributed by atoms with Crippen molar-refractivity contribution in [1.29, 1.82) is 0 Å². The van der Waals surface area contributed by atoms with Crippen LogP contribution in [0.5, 0.6) is 0 Å². The number of halogens is 1. The second kappa shape index (κ2) is 6.53. The van der Waals surface area contributed by atoms with Crippen molar-refractivity contribution in [3.63, 3.8) is 0 Å². The number of anilines is 2. The summed E-state index contributed by atoms with van der Waals surface area (Å²) < 4.78 is 18.5. The lowest BCUT2D eigenvalue weighted by Crippen LogP contribution is -2.13. The van der Waals surface area contributed by atoms with Crippen molar-refractivity contribution < 1.29 is 4.21 Å². The lowest BCUT2D eigenvalue weighted by molar-refractivity contribution is 0.675. The molecule has 1 atom stereocenters. The van der Waals surface area contributed by atoms with E-state index in [9.17, 15) is 4.21 Å². The van der Waals surface area contributed by atoms with Crippen molar-refractivity contribution in [3.8, 4) is 0 Å². The normalized spacial score (nSPS) is 16.4. The first-order chi connectivity index (χ1) is 12.5. The fraction of sp³-hybridized carbons (Fsp3) is 0.294. The van der Waals surface area contributed by atoms with E-state index in [1.807, 2.05) is 25.1 Å². The SMILES string of the molecule is CCn1nc(Cl)c2c(Nc3ccc(S(N)(=O)=NC4CC4)cc3)ccnc21. The number of nitrogens with one attached hydrogen (secondary N) is 1. The molecule has 1 fully saturated rings. The fourth-order valence-corrected chi connectivity index (χ4v) is 4.31. The quantitative estimate of drug-likeness (QED) is 0.693. The molecule has 1 saturated carbocycles. The molecule has 1 aliphatic carbocycles. The van der Waals surface area contributed by atoms with Gasteiger partial charge < -0.3 is 5.32 Å². The Morgan fingerprint density at radius 2 is 2.08 bits per heavy atom. The topological polar surface area (TPSA) is 98.2 Å². The lowest BCUT2D eigenvalue weighted by atomic mass is 10.2. The van der Waals surface area contributed by atoms with Gasteiger partial charge in [0.25, 0.3) is 0 Å². The summed E-state index contributed by atoms with van der Waals surface area (Å²) in [5.74, 6) is 0. The van der Waals surface area contributed by atoms with E-state index in [2.05, 4.69) is 19.8 Å². The summed E-state index contributed by atoms with van der Waals surface area (Å²) in [5, 5.41) is 14.7. The van der Waals surface area contributed by atoms with Crippen LogP contribution in [0, 0.1) is 0 Å². The Hall–Kier alpha value is -2.16. The molecule has 1 unspecified atom stereocenters. The van der Waals surface area contributed by atoms with E-state index in [1.165, 1.54) is 0 Å². The summed E-state index contributed by atoms with van der Waals surface area (Å²) in [6.45, 7) is 2.67. The molecule has 2 aromatic heterocycles. The van der Waals surface area contributed by atoms with Crippen LogP contribution >= 0.6 is 11.6 Å². The van der Waals surface area contributed by atoms with E-state index in [0.29, 0.717) is 16.6 Å². The van der Waals surface area contributed by atoms with Crippen molar-refractivity contribution in [1.82, 2.24) is 14.8 Å². The zero-order valence-corrected chi connectivity index (χ0v) is 15.8. The highest BCUT2D eigenvalue weighted by molar-refractivity contribution is 7.91. The summed E-state index contributed by atoms with van der Waals surface area (Å²) in [6, 6.07) is 9.13. The van der Waals surface area contributed by atoms with E-state index < -0.39 is 9.92 Å². The maximum Gasteiger partial charge on any atom is 0.162 e. The maximum absolute atomic E-state index is 12.5. The molecule has 0 saturated heterocycles. The number of nitrogens with zero attached hydrogens (tertiary/aromatic N) is 4. The average molecular weight is 391 g/mol. The highest BCUT2D eigenvalue weighted by atomic mass is 35.5. The van der Waals surface area contributed by atoms with E-state index in [0.717, 1.165) is 35.2 Å². The number of hydrogen-bond acceptors (Lipinski definition) is 5. The van der Waals surface area contributed by atoms with Crippen molar-refractivity contribution in [3.05, 3.63) is 41.7 Å². The number of aromatic nitrogens is 3. The highest BCUT2D eigenvalue weighted by Crippen LogP contribution is 2.31. The maximum atomic E-state index is 12.5. The van der Waals surface area contributed by atoms with Gasteiger partial charge in [-0.1, -0.05) is 11.6 Å². The summed E-state index contributed by atoms with van der Waals surface area (Å²) >= 11 is 6.29. The molecule has 0 aliphatic heterocycles. The molecule has 0 radical (unpaired) electrons. The number of fused-ring (bicyclic) bond motifs is 1. The van der Waals surface area contributed by atoms with Crippen LogP contribution in [0.2, 0.25) is 5.15 Å². The standard InChI is InChI=1S/C17H19ClN6OS/c1-2-24-17-15(16(18)22-24)14(9-10-20-17)21-11-5-7-13(8-6-11)26(19,25)23-12-3-4-12/h5-10,12H,2-4H2,1H3,(H,20,21)(H2,19,23,25). The zero-order valence-electron chi connectivity index (χ0n) is 14.2. The van der Waals surface area contributed by atoms with Crippen molar-refractivity contribution in [2.24, 2.45) is 9.50 Å². The Morgan fingerprint density at radius 1 is 1.35 bits per heavy atom. The third-order valence-corrected chi connectivity index (χ3v) is 6.04. The third-order valence-electron chi connectivity index (χ3n) is 4.21. The van der Waals surface area contributed by atoms with E-state index >= 15 is 0 Å². The van der Waals surface area contributed by atoms with Crippen LogP contribution in [-0.2, 0) is 16.5 Å². The molecule has 9 heteroatoms. The Balaban J connectivity index is 1.65. The lowest BCUT2D eigenvalue weighted by Gasteiger charge is -2.09.